The molecule has 0 aliphatic carbocycles. The van der Waals surface area contributed by atoms with E-state index in [1.807, 2.05) is 36.4 Å². The van der Waals surface area contributed by atoms with Crippen LogP contribution in [0.3, 0.4) is 0 Å². The van der Waals surface area contributed by atoms with Crippen LogP contribution < -0.4 is 14.8 Å². The topological polar surface area (TPSA) is 47.6 Å². The first kappa shape index (κ1) is 15.9. The molecule has 0 saturated heterocycles. The Morgan fingerprint density at radius 2 is 1.68 bits per heavy atom. The van der Waals surface area contributed by atoms with Crippen LogP contribution in [0.5, 0.6) is 11.5 Å². The third-order valence-corrected chi connectivity index (χ3v) is 3.57. The molecule has 2 aromatic carbocycles. The average molecular weight is 299 g/mol. The Morgan fingerprint density at radius 1 is 1.00 bits per heavy atom. The van der Waals surface area contributed by atoms with E-state index in [9.17, 15) is 4.79 Å². The molecule has 1 N–H and O–H groups in total. The van der Waals surface area contributed by atoms with Crippen molar-refractivity contribution in [2.24, 2.45) is 0 Å². The molecule has 4 nitrogen and oxygen atoms in total. The molecule has 0 aliphatic rings. The van der Waals surface area contributed by atoms with Gasteiger partial charge in [-0.3, -0.25) is 4.79 Å². The van der Waals surface area contributed by atoms with E-state index in [2.05, 4.69) is 17.4 Å². The molecule has 2 aromatic rings. The van der Waals surface area contributed by atoms with Gasteiger partial charge in [-0.05, 0) is 23.3 Å². The number of methoxy groups -OCH3 is 2. The summed E-state index contributed by atoms with van der Waals surface area (Å²) in [5, 5.41) is 2.90. The molecule has 1 amide bonds. The molecule has 0 bridgehead atoms. The summed E-state index contributed by atoms with van der Waals surface area (Å²) in [5.41, 5.74) is 2.21. The molecule has 1 atom stereocenters. The lowest BCUT2D eigenvalue weighted by Gasteiger charge is -2.20. The largest absolute Gasteiger partial charge is 0.493 e. The number of carbonyl (C=O) groups excluding carboxylic acids is 1. The van der Waals surface area contributed by atoms with Gasteiger partial charge in [0.15, 0.2) is 11.5 Å². The van der Waals surface area contributed by atoms with Gasteiger partial charge in [-0.2, -0.15) is 0 Å². The van der Waals surface area contributed by atoms with Gasteiger partial charge in [0.2, 0.25) is 5.91 Å². The van der Waals surface area contributed by atoms with Crippen molar-refractivity contribution < 1.29 is 14.3 Å². The van der Waals surface area contributed by atoms with Crippen molar-refractivity contribution in [2.75, 3.05) is 20.8 Å². The highest BCUT2D eigenvalue weighted by molar-refractivity contribution is 5.73. The minimum atomic E-state index is -0.0404. The quantitative estimate of drug-likeness (QED) is 0.892. The van der Waals surface area contributed by atoms with Gasteiger partial charge in [-0.1, -0.05) is 36.4 Å². The summed E-state index contributed by atoms with van der Waals surface area (Å²) in [6.45, 7) is 2.06. The van der Waals surface area contributed by atoms with Crippen LogP contribution in [0.1, 0.15) is 24.0 Å². The van der Waals surface area contributed by atoms with E-state index in [4.69, 9.17) is 9.47 Å². The van der Waals surface area contributed by atoms with Crippen molar-refractivity contribution >= 4 is 5.91 Å². The van der Waals surface area contributed by atoms with Crippen LogP contribution in [0.15, 0.2) is 48.5 Å². The lowest BCUT2D eigenvalue weighted by Crippen LogP contribution is -2.26. The van der Waals surface area contributed by atoms with Crippen LogP contribution in [-0.4, -0.2) is 26.7 Å². The first-order valence-electron chi connectivity index (χ1n) is 7.17. The number of hydrogen-bond donors (Lipinski definition) is 1. The van der Waals surface area contributed by atoms with Crippen molar-refractivity contribution in [3.8, 4) is 11.5 Å². The molecule has 4 heteroatoms. The monoisotopic (exact) mass is 299 g/mol. The van der Waals surface area contributed by atoms with Crippen molar-refractivity contribution in [1.82, 2.24) is 5.32 Å². The summed E-state index contributed by atoms with van der Waals surface area (Å²) in [4.78, 5) is 11.3. The average Bonchev–Trinajstić information content (AvgIpc) is 2.55. The molecule has 0 fully saturated rings. The van der Waals surface area contributed by atoms with Crippen LogP contribution in [0.25, 0.3) is 0 Å². The number of carbonyl (C=O) groups is 1. The molecule has 0 heterocycles. The van der Waals surface area contributed by atoms with E-state index in [1.165, 1.54) is 6.92 Å². The third kappa shape index (κ3) is 3.79. The van der Waals surface area contributed by atoms with E-state index in [0.717, 1.165) is 11.1 Å². The van der Waals surface area contributed by atoms with Crippen LogP contribution >= 0.6 is 0 Å². The summed E-state index contributed by atoms with van der Waals surface area (Å²) < 4.78 is 10.7. The molecule has 22 heavy (non-hydrogen) atoms. The number of hydrogen-bond acceptors (Lipinski definition) is 3. The maximum absolute atomic E-state index is 11.3. The summed E-state index contributed by atoms with van der Waals surface area (Å²) in [5.74, 6) is 1.40. The normalized spacial score (nSPS) is 11.6. The molecule has 0 aromatic heterocycles. The van der Waals surface area contributed by atoms with Gasteiger partial charge in [0.25, 0.3) is 0 Å². The molecule has 0 saturated carbocycles. The molecule has 0 radical (unpaired) electrons. The summed E-state index contributed by atoms with van der Waals surface area (Å²) in [7, 11) is 3.23. The fraction of sp³-hybridized carbons (Fsp3) is 0.278. The minimum absolute atomic E-state index is 0.0404. The molecular weight excluding hydrogens is 278 g/mol. The smallest absolute Gasteiger partial charge is 0.216 e. The SMILES string of the molecule is COc1ccc([C@@H](CNC(C)=O)c2ccccc2)cc1OC. The van der Waals surface area contributed by atoms with E-state index in [0.29, 0.717) is 18.0 Å². The summed E-state index contributed by atoms with van der Waals surface area (Å²) >= 11 is 0. The Morgan fingerprint density at radius 3 is 2.27 bits per heavy atom. The van der Waals surface area contributed by atoms with Gasteiger partial charge in [0, 0.05) is 19.4 Å². The van der Waals surface area contributed by atoms with Gasteiger partial charge in [0.05, 0.1) is 14.2 Å². The number of nitrogens with one attached hydrogen (secondary N) is 1. The number of amides is 1. The standard InChI is InChI=1S/C18H21NO3/c1-13(20)19-12-16(14-7-5-4-6-8-14)15-9-10-17(21-2)18(11-15)22-3/h4-11,16H,12H2,1-3H3,(H,19,20)/t16-/m0/s1. The first-order valence-corrected chi connectivity index (χ1v) is 7.17. The van der Waals surface area contributed by atoms with Gasteiger partial charge in [-0.25, -0.2) is 0 Å². The number of ether oxygens (including phenoxy) is 2. The van der Waals surface area contributed by atoms with Gasteiger partial charge >= 0.3 is 0 Å². The number of rotatable bonds is 6. The third-order valence-electron chi connectivity index (χ3n) is 3.57. The maximum Gasteiger partial charge on any atom is 0.216 e. The Hall–Kier alpha value is -2.49. The van der Waals surface area contributed by atoms with Crippen LogP contribution in [0.4, 0.5) is 0 Å². The highest BCUT2D eigenvalue weighted by Crippen LogP contribution is 2.33. The highest BCUT2D eigenvalue weighted by Gasteiger charge is 2.16. The lowest BCUT2D eigenvalue weighted by molar-refractivity contribution is -0.118. The van der Waals surface area contributed by atoms with Crippen LogP contribution in [0, 0.1) is 0 Å². The zero-order valence-electron chi connectivity index (χ0n) is 13.1. The molecule has 2 rings (SSSR count). The summed E-state index contributed by atoms with van der Waals surface area (Å²) in [6, 6.07) is 15.9. The van der Waals surface area contributed by atoms with E-state index >= 15 is 0 Å². The van der Waals surface area contributed by atoms with E-state index < -0.39 is 0 Å². The Kier molecular flexibility index (Phi) is 5.42. The zero-order valence-corrected chi connectivity index (χ0v) is 13.1. The van der Waals surface area contributed by atoms with E-state index in [1.54, 1.807) is 14.2 Å². The molecule has 0 aliphatic heterocycles. The zero-order chi connectivity index (χ0) is 15.9. The predicted molar refractivity (Wildman–Crippen MR) is 86.5 cm³/mol. The van der Waals surface area contributed by atoms with Gasteiger partial charge in [-0.15, -0.1) is 0 Å². The molecule has 0 unspecified atom stereocenters. The molecule has 0 spiro atoms. The lowest BCUT2D eigenvalue weighted by atomic mass is 9.91. The highest BCUT2D eigenvalue weighted by atomic mass is 16.5. The first-order chi connectivity index (χ1) is 10.7. The van der Waals surface area contributed by atoms with Crippen molar-refractivity contribution in [3.63, 3.8) is 0 Å². The van der Waals surface area contributed by atoms with Crippen LogP contribution in [0.2, 0.25) is 0 Å². The van der Waals surface area contributed by atoms with Crippen LogP contribution in [-0.2, 0) is 4.79 Å². The van der Waals surface area contributed by atoms with Gasteiger partial charge in [0.1, 0.15) is 0 Å². The van der Waals surface area contributed by atoms with Crippen molar-refractivity contribution in [1.29, 1.82) is 0 Å². The van der Waals surface area contributed by atoms with E-state index in [-0.39, 0.29) is 11.8 Å². The predicted octanol–water partition coefficient (Wildman–Crippen LogP) is 2.97. The second-order valence-electron chi connectivity index (χ2n) is 5.01. The Bertz CT molecular complexity index is 625. The maximum atomic E-state index is 11.3. The summed E-state index contributed by atoms with van der Waals surface area (Å²) in [6.07, 6.45) is 0. The van der Waals surface area contributed by atoms with Crippen molar-refractivity contribution in [3.05, 3.63) is 59.7 Å². The van der Waals surface area contributed by atoms with Gasteiger partial charge < -0.3 is 14.8 Å². The Balaban J connectivity index is 2.38. The second-order valence-corrected chi connectivity index (χ2v) is 5.01. The number of benzene rings is 2. The second kappa shape index (κ2) is 7.50. The fourth-order valence-electron chi connectivity index (χ4n) is 2.43. The van der Waals surface area contributed by atoms with Crippen molar-refractivity contribution in [2.45, 2.75) is 12.8 Å². The fourth-order valence-corrected chi connectivity index (χ4v) is 2.43. The minimum Gasteiger partial charge on any atom is -0.493 e. The Labute approximate surface area is 131 Å². The molecule has 116 valence electrons. The molecular formula is C18H21NO3.